The van der Waals surface area contributed by atoms with E-state index in [9.17, 15) is 4.79 Å². The molecule has 2 rings (SSSR count). The molecule has 0 fully saturated rings. The number of benzene rings is 1. The van der Waals surface area contributed by atoms with Crippen molar-refractivity contribution in [3.8, 4) is 10.4 Å². The van der Waals surface area contributed by atoms with Gasteiger partial charge in [0.25, 0.3) is 0 Å². The molecule has 3 heteroatoms. The number of thiophene rings is 1. The average molecular weight is 245 g/mol. The van der Waals surface area contributed by atoms with Crippen LogP contribution < -0.4 is 5.73 Å². The molecule has 0 aliphatic heterocycles. The van der Waals surface area contributed by atoms with E-state index in [0.29, 0.717) is 0 Å². The number of aldehydes is 1. The lowest BCUT2D eigenvalue weighted by Crippen LogP contribution is -1.97. The highest BCUT2D eigenvalue weighted by molar-refractivity contribution is 7.17. The summed E-state index contributed by atoms with van der Waals surface area (Å²) in [5, 5.41) is 0. The molecule has 0 atom stereocenters. The Balaban J connectivity index is 2.66. The lowest BCUT2D eigenvalue weighted by Gasteiger charge is -2.13. The fraction of sp³-hybridized carbons (Fsp3) is 0.214. The predicted octanol–water partition coefficient (Wildman–Crippen LogP) is 3.74. The first-order valence-corrected chi connectivity index (χ1v) is 6.28. The second-order valence-corrected chi connectivity index (χ2v) is 5.36. The molecule has 1 heterocycles. The van der Waals surface area contributed by atoms with Crippen LogP contribution in [0.15, 0.2) is 18.2 Å². The van der Waals surface area contributed by atoms with Gasteiger partial charge in [0.2, 0.25) is 0 Å². The van der Waals surface area contributed by atoms with Crippen LogP contribution in [0.5, 0.6) is 0 Å². The van der Waals surface area contributed by atoms with Gasteiger partial charge in [-0.15, -0.1) is 11.3 Å². The third-order valence-corrected chi connectivity index (χ3v) is 4.05. The molecule has 2 nitrogen and oxygen atoms in total. The summed E-state index contributed by atoms with van der Waals surface area (Å²) in [5.41, 5.74) is 11.5. The molecule has 0 amide bonds. The van der Waals surface area contributed by atoms with Gasteiger partial charge in [-0.1, -0.05) is 6.07 Å². The summed E-state index contributed by atoms with van der Waals surface area (Å²) in [6.45, 7) is 6.13. The maximum absolute atomic E-state index is 10.7. The Morgan fingerprint density at radius 3 is 2.47 bits per heavy atom. The van der Waals surface area contributed by atoms with Crippen molar-refractivity contribution < 1.29 is 4.79 Å². The van der Waals surface area contributed by atoms with Gasteiger partial charge in [-0.25, -0.2) is 0 Å². The molecular weight excluding hydrogens is 230 g/mol. The number of carbonyl (C=O) groups excluding carboxylic acids is 1. The van der Waals surface area contributed by atoms with Crippen molar-refractivity contribution in [2.75, 3.05) is 5.73 Å². The largest absolute Gasteiger partial charge is 0.398 e. The third-order valence-electron chi connectivity index (χ3n) is 3.02. The van der Waals surface area contributed by atoms with Crippen molar-refractivity contribution in [3.05, 3.63) is 39.8 Å². The van der Waals surface area contributed by atoms with Crippen molar-refractivity contribution in [3.63, 3.8) is 0 Å². The Morgan fingerprint density at radius 1 is 1.18 bits per heavy atom. The monoisotopic (exact) mass is 245 g/mol. The van der Waals surface area contributed by atoms with E-state index in [1.807, 2.05) is 26.0 Å². The first kappa shape index (κ1) is 11.9. The van der Waals surface area contributed by atoms with Gasteiger partial charge in [0.15, 0.2) is 6.29 Å². The fourth-order valence-electron chi connectivity index (χ4n) is 2.13. The summed E-state index contributed by atoms with van der Waals surface area (Å²) in [5.74, 6) is 0. The maximum atomic E-state index is 10.7. The molecular formula is C14H15NOS. The van der Waals surface area contributed by atoms with Crippen molar-refractivity contribution >= 4 is 23.3 Å². The molecule has 2 N–H and O–H groups in total. The second-order valence-electron chi connectivity index (χ2n) is 4.24. The van der Waals surface area contributed by atoms with Crippen LogP contribution in [-0.4, -0.2) is 6.29 Å². The number of aryl methyl sites for hydroxylation is 2. The van der Waals surface area contributed by atoms with Gasteiger partial charge >= 0.3 is 0 Å². The van der Waals surface area contributed by atoms with Gasteiger partial charge in [-0.05, 0) is 55.2 Å². The summed E-state index contributed by atoms with van der Waals surface area (Å²) >= 11 is 1.51. The minimum Gasteiger partial charge on any atom is -0.398 e. The minimum atomic E-state index is 0.748. The first-order valence-electron chi connectivity index (χ1n) is 5.46. The van der Waals surface area contributed by atoms with Crippen LogP contribution in [-0.2, 0) is 0 Å². The standard InChI is InChI=1S/C14H15NOS/c1-8-6-9(2)14(15)10(3)13(8)12-5-4-11(7-16)17-12/h4-7H,15H2,1-3H3. The highest BCUT2D eigenvalue weighted by Gasteiger charge is 2.12. The number of hydrogen-bond acceptors (Lipinski definition) is 3. The number of anilines is 1. The molecule has 1 aromatic heterocycles. The van der Waals surface area contributed by atoms with Gasteiger partial charge in [-0.3, -0.25) is 4.79 Å². The lowest BCUT2D eigenvalue weighted by atomic mass is 9.96. The highest BCUT2D eigenvalue weighted by atomic mass is 32.1. The van der Waals surface area contributed by atoms with Crippen LogP contribution in [0.25, 0.3) is 10.4 Å². The highest BCUT2D eigenvalue weighted by Crippen LogP contribution is 2.36. The van der Waals surface area contributed by atoms with Gasteiger partial charge < -0.3 is 5.73 Å². The van der Waals surface area contributed by atoms with E-state index in [2.05, 4.69) is 13.0 Å². The van der Waals surface area contributed by atoms with E-state index in [1.54, 1.807) is 0 Å². The Bertz CT molecular complexity index is 584. The molecule has 17 heavy (non-hydrogen) atoms. The van der Waals surface area contributed by atoms with Gasteiger partial charge in [0, 0.05) is 10.6 Å². The van der Waals surface area contributed by atoms with Crippen LogP contribution in [0, 0.1) is 20.8 Å². The molecule has 0 aliphatic rings. The molecule has 0 saturated heterocycles. The Kier molecular flexibility index (Phi) is 3.03. The summed E-state index contributed by atoms with van der Waals surface area (Å²) in [4.78, 5) is 12.6. The Labute approximate surface area is 105 Å². The maximum Gasteiger partial charge on any atom is 0.160 e. The molecule has 1 aromatic carbocycles. The van der Waals surface area contributed by atoms with E-state index in [1.165, 1.54) is 16.9 Å². The quantitative estimate of drug-likeness (QED) is 0.647. The third kappa shape index (κ3) is 1.98. The van der Waals surface area contributed by atoms with Crippen LogP contribution >= 0.6 is 11.3 Å². The number of carbonyl (C=O) groups is 1. The van der Waals surface area contributed by atoms with E-state index < -0.39 is 0 Å². The fourth-order valence-corrected chi connectivity index (χ4v) is 3.12. The zero-order valence-corrected chi connectivity index (χ0v) is 11.0. The van der Waals surface area contributed by atoms with Crippen molar-refractivity contribution in [2.24, 2.45) is 0 Å². The van der Waals surface area contributed by atoms with Gasteiger partial charge in [0.1, 0.15) is 0 Å². The molecule has 88 valence electrons. The SMILES string of the molecule is Cc1cc(C)c(-c2ccc(C=O)s2)c(C)c1N. The summed E-state index contributed by atoms with van der Waals surface area (Å²) in [6, 6.07) is 5.93. The summed E-state index contributed by atoms with van der Waals surface area (Å²) < 4.78 is 0. The minimum absolute atomic E-state index is 0.748. The van der Waals surface area contributed by atoms with Crippen molar-refractivity contribution in [1.82, 2.24) is 0 Å². The molecule has 0 bridgehead atoms. The molecule has 0 radical (unpaired) electrons. The van der Waals surface area contributed by atoms with Crippen molar-refractivity contribution in [2.45, 2.75) is 20.8 Å². The van der Waals surface area contributed by atoms with E-state index in [-0.39, 0.29) is 0 Å². The van der Waals surface area contributed by atoms with Crippen molar-refractivity contribution in [1.29, 1.82) is 0 Å². The van der Waals surface area contributed by atoms with Gasteiger partial charge in [-0.2, -0.15) is 0 Å². The Hall–Kier alpha value is -1.61. The molecule has 0 aliphatic carbocycles. The molecule has 0 unspecified atom stereocenters. The normalized spacial score (nSPS) is 10.5. The average Bonchev–Trinajstić information content (AvgIpc) is 2.74. The van der Waals surface area contributed by atoms with Crippen LogP contribution in [0.1, 0.15) is 26.4 Å². The number of hydrogen-bond donors (Lipinski definition) is 1. The Morgan fingerprint density at radius 2 is 1.88 bits per heavy atom. The van der Waals surface area contributed by atoms with Crippen LogP contribution in [0.2, 0.25) is 0 Å². The topological polar surface area (TPSA) is 43.1 Å². The van der Waals surface area contributed by atoms with Gasteiger partial charge in [0.05, 0.1) is 4.88 Å². The molecule has 0 saturated carbocycles. The van der Waals surface area contributed by atoms with E-state index >= 15 is 0 Å². The predicted molar refractivity (Wildman–Crippen MR) is 73.8 cm³/mol. The molecule has 0 spiro atoms. The zero-order chi connectivity index (χ0) is 12.6. The smallest absolute Gasteiger partial charge is 0.160 e. The molecule has 2 aromatic rings. The summed E-state index contributed by atoms with van der Waals surface area (Å²) in [7, 11) is 0. The number of nitrogens with two attached hydrogens (primary N) is 1. The first-order chi connectivity index (χ1) is 8.04. The number of rotatable bonds is 2. The van der Waals surface area contributed by atoms with Crippen LogP contribution in [0.4, 0.5) is 5.69 Å². The zero-order valence-electron chi connectivity index (χ0n) is 10.2. The number of nitrogen functional groups attached to an aromatic ring is 1. The summed E-state index contributed by atoms with van der Waals surface area (Å²) in [6.07, 6.45) is 0.885. The van der Waals surface area contributed by atoms with E-state index in [0.717, 1.165) is 38.4 Å². The lowest BCUT2D eigenvalue weighted by molar-refractivity contribution is 0.112. The van der Waals surface area contributed by atoms with E-state index in [4.69, 9.17) is 5.73 Å². The second kappa shape index (κ2) is 4.34. The van der Waals surface area contributed by atoms with Crippen LogP contribution in [0.3, 0.4) is 0 Å².